The molecule has 0 radical (unpaired) electrons. The van der Waals surface area contributed by atoms with Crippen molar-refractivity contribution >= 4 is 5.91 Å². The zero-order chi connectivity index (χ0) is 14.0. The highest BCUT2D eigenvalue weighted by Gasteiger charge is 2.41. The van der Waals surface area contributed by atoms with Crippen LogP contribution in [0, 0.1) is 12.3 Å². The molecule has 1 N–H and O–H groups in total. The largest absolute Gasteiger partial charge is 0.342 e. The Hall–Kier alpha value is -1.35. The summed E-state index contributed by atoms with van der Waals surface area (Å²) in [7, 11) is 0. The van der Waals surface area contributed by atoms with E-state index in [0.717, 1.165) is 32.6 Å². The van der Waals surface area contributed by atoms with Crippen molar-refractivity contribution in [2.75, 3.05) is 26.2 Å². The Labute approximate surface area is 121 Å². The van der Waals surface area contributed by atoms with Gasteiger partial charge in [-0.05, 0) is 43.9 Å². The number of amides is 1. The third-order valence-electron chi connectivity index (χ3n) is 4.99. The summed E-state index contributed by atoms with van der Waals surface area (Å²) in [5.41, 5.74) is 2.98. The fourth-order valence-electron chi connectivity index (χ4n) is 3.58. The maximum atomic E-state index is 12.4. The average Bonchev–Trinajstić information content (AvgIpc) is 3.08. The van der Waals surface area contributed by atoms with Gasteiger partial charge in [-0.1, -0.05) is 24.3 Å². The quantitative estimate of drug-likeness (QED) is 0.914. The van der Waals surface area contributed by atoms with E-state index in [2.05, 4.69) is 41.4 Å². The van der Waals surface area contributed by atoms with E-state index >= 15 is 0 Å². The second-order valence-electron chi connectivity index (χ2n) is 6.42. The van der Waals surface area contributed by atoms with Gasteiger partial charge in [0.15, 0.2) is 0 Å². The number of likely N-dealkylation sites (tertiary alicyclic amines) is 1. The van der Waals surface area contributed by atoms with Gasteiger partial charge in [0.05, 0.1) is 0 Å². The maximum Gasteiger partial charge on any atom is 0.222 e. The molecule has 3 nitrogen and oxygen atoms in total. The fraction of sp³-hybridized carbons (Fsp3) is 0.588. The zero-order valence-electron chi connectivity index (χ0n) is 12.3. The summed E-state index contributed by atoms with van der Waals surface area (Å²) >= 11 is 0. The molecule has 2 fully saturated rings. The lowest BCUT2D eigenvalue weighted by Crippen LogP contribution is -2.33. The molecule has 0 aliphatic carbocycles. The SMILES string of the molecule is Cc1ccccc1CCC(=O)N1CCC2(CCNC2)C1. The highest BCUT2D eigenvalue weighted by Crippen LogP contribution is 2.36. The summed E-state index contributed by atoms with van der Waals surface area (Å²) in [6, 6.07) is 8.36. The van der Waals surface area contributed by atoms with Gasteiger partial charge in [0.2, 0.25) is 5.91 Å². The van der Waals surface area contributed by atoms with Crippen molar-refractivity contribution in [3.05, 3.63) is 35.4 Å². The molecular formula is C17H24N2O. The molecule has 2 aliphatic heterocycles. The van der Waals surface area contributed by atoms with Crippen LogP contribution in [0.15, 0.2) is 24.3 Å². The third-order valence-corrected chi connectivity index (χ3v) is 4.99. The minimum Gasteiger partial charge on any atom is -0.342 e. The molecular weight excluding hydrogens is 248 g/mol. The molecule has 2 aliphatic rings. The van der Waals surface area contributed by atoms with Crippen molar-refractivity contribution in [1.82, 2.24) is 10.2 Å². The van der Waals surface area contributed by atoms with E-state index in [0.29, 0.717) is 17.7 Å². The molecule has 3 heteroatoms. The average molecular weight is 272 g/mol. The first kappa shape index (κ1) is 13.6. The summed E-state index contributed by atoms with van der Waals surface area (Å²) in [6.07, 6.45) is 3.92. The van der Waals surface area contributed by atoms with Gasteiger partial charge in [0.1, 0.15) is 0 Å². The summed E-state index contributed by atoms with van der Waals surface area (Å²) in [6.45, 7) is 6.25. The van der Waals surface area contributed by atoms with Gasteiger partial charge in [-0.25, -0.2) is 0 Å². The predicted molar refractivity (Wildman–Crippen MR) is 80.6 cm³/mol. The molecule has 1 atom stereocenters. The first-order chi connectivity index (χ1) is 9.69. The number of hydrogen-bond acceptors (Lipinski definition) is 2. The van der Waals surface area contributed by atoms with Crippen LogP contribution in [0.2, 0.25) is 0 Å². The molecule has 2 saturated heterocycles. The Morgan fingerprint density at radius 3 is 2.95 bits per heavy atom. The Morgan fingerprint density at radius 2 is 2.20 bits per heavy atom. The van der Waals surface area contributed by atoms with E-state index < -0.39 is 0 Å². The summed E-state index contributed by atoms with van der Waals surface area (Å²) in [5, 5.41) is 3.44. The van der Waals surface area contributed by atoms with Crippen LogP contribution in [0.3, 0.4) is 0 Å². The summed E-state index contributed by atoms with van der Waals surface area (Å²) < 4.78 is 0. The summed E-state index contributed by atoms with van der Waals surface area (Å²) in [4.78, 5) is 14.5. The lowest BCUT2D eigenvalue weighted by atomic mass is 9.86. The van der Waals surface area contributed by atoms with E-state index in [1.165, 1.54) is 24.0 Å². The first-order valence-electron chi connectivity index (χ1n) is 7.72. The fourth-order valence-corrected chi connectivity index (χ4v) is 3.58. The highest BCUT2D eigenvalue weighted by atomic mass is 16.2. The molecule has 20 heavy (non-hydrogen) atoms. The van der Waals surface area contributed by atoms with Gasteiger partial charge in [-0.2, -0.15) is 0 Å². The molecule has 1 spiro atoms. The van der Waals surface area contributed by atoms with Crippen LogP contribution in [0.5, 0.6) is 0 Å². The number of rotatable bonds is 3. The molecule has 0 saturated carbocycles. The lowest BCUT2D eigenvalue weighted by molar-refractivity contribution is -0.130. The molecule has 1 unspecified atom stereocenters. The van der Waals surface area contributed by atoms with E-state index in [1.807, 2.05) is 0 Å². The van der Waals surface area contributed by atoms with Crippen LogP contribution < -0.4 is 5.32 Å². The Bertz CT molecular complexity index is 492. The molecule has 0 aromatic heterocycles. The zero-order valence-corrected chi connectivity index (χ0v) is 12.3. The van der Waals surface area contributed by atoms with Gasteiger partial charge in [-0.15, -0.1) is 0 Å². The van der Waals surface area contributed by atoms with Crippen molar-refractivity contribution in [3.63, 3.8) is 0 Å². The standard InChI is InChI=1S/C17H24N2O/c1-14-4-2-3-5-15(14)6-7-16(20)19-11-9-17(13-19)8-10-18-12-17/h2-5,18H,6-13H2,1H3. The first-order valence-corrected chi connectivity index (χ1v) is 7.72. The smallest absolute Gasteiger partial charge is 0.222 e. The topological polar surface area (TPSA) is 32.3 Å². The van der Waals surface area contributed by atoms with Gasteiger partial charge in [0, 0.05) is 31.5 Å². The number of nitrogens with one attached hydrogen (secondary N) is 1. The maximum absolute atomic E-state index is 12.4. The van der Waals surface area contributed by atoms with Gasteiger partial charge < -0.3 is 10.2 Å². The van der Waals surface area contributed by atoms with Crippen LogP contribution in [0.4, 0.5) is 0 Å². The van der Waals surface area contributed by atoms with E-state index in [4.69, 9.17) is 0 Å². The summed E-state index contributed by atoms with van der Waals surface area (Å²) in [5.74, 6) is 0.331. The van der Waals surface area contributed by atoms with E-state index in [9.17, 15) is 4.79 Å². The van der Waals surface area contributed by atoms with Crippen LogP contribution in [0.25, 0.3) is 0 Å². The number of nitrogens with zero attached hydrogens (tertiary/aromatic N) is 1. The van der Waals surface area contributed by atoms with Gasteiger partial charge in [0.25, 0.3) is 0 Å². The molecule has 2 heterocycles. The second kappa shape index (κ2) is 5.57. The Morgan fingerprint density at radius 1 is 1.35 bits per heavy atom. The molecule has 0 bridgehead atoms. The Kier molecular flexibility index (Phi) is 3.79. The van der Waals surface area contributed by atoms with Crippen LogP contribution in [-0.4, -0.2) is 37.0 Å². The number of carbonyl (C=O) groups excluding carboxylic acids is 1. The molecule has 3 rings (SSSR count). The molecule has 1 amide bonds. The Balaban J connectivity index is 1.54. The highest BCUT2D eigenvalue weighted by molar-refractivity contribution is 5.77. The molecule has 1 aromatic carbocycles. The van der Waals surface area contributed by atoms with Crippen LogP contribution in [-0.2, 0) is 11.2 Å². The van der Waals surface area contributed by atoms with Crippen molar-refractivity contribution in [2.24, 2.45) is 5.41 Å². The van der Waals surface area contributed by atoms with E-state index in [-0.39, 0.29) is 0 Å². The molecule has 1 aromatic rings. The second-order valence-corrected chi connectivity index (χ2v) is 6.42. The number of hydrogen-bond donors (Lipinski definition) is 1. The number of benzene rings is 1. The predicted octanol–water partition coefficient (Wildman–Crippen LogP) is 2.14. The van der Waals surface area contributed by atoms with Crippen molar-refractivity contribution in [3.8, 4) is 0 Å². The van der Waals surface area contributed by atoms with Crippen LogP contribution >= 0.6 is 0 Å². The van der Waals surface area contributed by atoms with Crippen LogP contribution in [0.1, 0.15) is 30.4 Å². The van der Waals surface area contributed by atoms with E-state index in [1.54, 1.807) is 0 Å². The number of aryl methyl sites for hydroxylation is 2. The van der Waals surface area contributed by atoms with Crippen molar-refractivity contribution < 1.29 is 4.79 Å². The third kappa shape index (κ3) is 2.73. The number of carbonyl (C=O) groups is 1. The normalized spacial score (nSPS) is 25.6. The monoisotopic (exact) mass is 272 g/mol. The van der Waals surface area contributed by atoms with Gasteiger partial charge in [-0.3, -0.25) is 4.79 Å². The van der Waals surface area contributed by atoms with Crippen molar-refractivity contribution in [2.45, 2.75) is 32.6 Å². The molecule has 108 valence electrons. The minimum atomic E-state index is 0.331. The minimum absolute atomic E-state index is 0.331. The van der Waals surface area contributed by atoms with Crippen molar-refractivity contribution in [1.29, 1.82) is 0 Å². The van der Waals surface area contributed by atoms with Gasteiger partial charge >= 0.3 is 0 Å². The lowest BCUT2D eigenvalue weighted by Gasteiger charge is -2.22.